The maximum atomic E-state index is 6.16. The van der Waals surface area contributed by atoms with Crippen LogP contribution in [0.15, 0.2) is 79.0 Å². The van der Waals surface area contributed by atoms with E-state index in [-0.39, 0.29) is 0 Å². The zero-order valence-corrected chi connectivity index (χ0v) is 16.4. The Kier molecular flexibility index (Phi) is 4.46. The second-order valence-electron chi connectivity index (χ2n) is 6.43. The van der Waals surface area contributed by atoms with Crippen molar-refractivity contribution >= 4 is 43.3 Å². The standard InChI is InChI=1S/C23H17N3O2S/c1-27-16-6-4-5-15(13-16)25-23-26-20-10-9-17(14-22(20)29-23)28-21-11-12-24-19-8-3-2-7-18(19)21/h2-14H,1H3,(H,25,26). The van der Waals surface area contributed by atoms with Crippen LogP contribution < -0.4 is 14.8 Å². The second kappa shape index (κ2) is 7.41. The van der Waals surface area contributed by atoms with Crippen LogP contribution in [0.2, 0.25) is 0 Å². The normalized spacial score (nSPS) is 10.9. The lowest BCUT2D eigenvalue weighted by Gasteiger charge is -2.08. The first-order chi connectivity index (χ1) is 14.3. The zero-order valence-electron chi connectivity index (χ0n) is 15.6. The number of nitrogens with zero attached hydrogens (tertiary/aromatic N) is 2. The number of aromatic nitrogens is 2. The molecule has 0 aliphatic heterocycles. The highest BCUT2D eigenvalue weighted by atomic mass is 32.1. The summed E-state index contributed by atoms with van der Waals surface area (Å²) >= 11 is 1.58. The van der Waals surface area contributed by atoms with Gasteiger partial charge < -0.3 is 14.8 Å². The van der Waals surface area contributed by atoms with Gasteiger partial charge in [0.25, 0.3) is 0 Å². The van der Waals surface area contributed by atoms with E-state index < -0.39 is 0 Å². The van der Waals surface area contributed by atoms with Crippen molar-refractivity contribution in [3.8, 4) is 17.2 Å². The van der Waals surface area contributed by atoms with Crippen LogP contribution in [-0.2, 0) is 0 Å². The number of hydrogen-bond donors (Lipinski definition) is 1. The molecule has 0 radical (unpaired) electrons. The van der Waals surface area contributed by atoms with Gasteiger partial charge in [-0.15, -0.1) is 0 Å². The first-order valence-corrected chi connectivity index (χ1v) is 9.93. The summed E-state index contributed by atoms with van der Waals surface area (Å²) in [5.41, 5.74) is 2.77. The molecule has 2 heterocycles. The van der Waals surface area contributed by atoms with Gasteiger partial charge in [-0.2, -0.15) is 0 Å². The molecular formula is C23H17N3O2S. The summed E-state index contributed by atoms with van der Waals surface area (Å²) in [5, 5.41) is 5.14. The molecule has 2 aromatic heterocycles. The van der Waals surface area contributed by atoms with Gasteiger partial charge in [0, 0.05) is 29.4 Å². The van der Waals surface area contributed by atoms with E-state index in [1.807, 2.05) is 72.8 Å². The molecule has 0 saturated heterocycles. The summed E-state index contributed by atoms with van der Waals surface area (Å²) in [4.78, 5) is 9.05. The van der Waals surface area contributed by atoms with Gasteiger partial charge in [-0.1, -0.05) is 29.5 Å². The number of pyridine rings is 1. The molecule has 0 saturated carbocycles. The van der Waals surface area contributed by atoms with Crippen LogP contribution in [0.25, 0.3) is 21.1 Å². The van der Waals surface area contributed by atoms with Gasteiger partial charge in [0.2, 0.25) is 0 Å². The number of ether oxygens (including phenoxy) is 2. The molecule has 5 rings (SSSR count). The molecule has 5 nitrogen and oxygen atoms in total. The van der Waals surface area contributed by atoms with Gasteiger partial charge in [0.05, 0.1) is 22.8 Å². The van der Waals surface area contributed by atoms with Gasteiger partial charge in [-0.3, -0.25) is 4.98 Å². The Balaban J connectivity index is 1.43. The van der Waals surface area contributed by atoms with Gasteiger partial charge in [-0.25, -0.2) is 4.98 Å². The number of nitrogens with one attached hydrogen (secondary N) is 1. The monoisotopic (exact) mass is 399 g/mol. The molecule has 142 valence electrons. The van der Waals surface area contributed by atoms with Gasteiger partial charge in [-0.05, 0) is 42.5 Å². The summed E-state index contributed by atoms with van der Waals surface area (Å²) < 4.78 is 12.5. The summed E-state index contributed by atoms with van der Waals surface area (Å²) in [5.74, 6) is 2.36. The van der Waals surface area contributed by atoms with Crippen molar-refractivity contribution in [3.05, 3.63) is 79.0 Å². The molecule has 1 N–H and O–H groups in total. The molecular weight excluding hydrogens is 382 g/mol. The highest BCUT2D eigenvalue weighted by Gasteiger charge is 2.08. The van der Waals surface area contributed by atoms with Crippen LogP contribution >= 0.6 is 11.3 Å². The minimum absolute atomic E-state index is 0.769. The first-order valence-electron chi connectivity index (χ1n) is 9.12. The predicted molar refractivity (Wildman–Crippen MR) is 118 cm³/mol. The SMILES string of the molecule is COc1cccc(Nc2nc3ccc(Oc4ccnc5ccccc45)cc3s2)c1. The number of rotatable bonds is 5. The lowest BCUT2D eigenvalue weighted by molar-refractivity contribution is 0.415. The maximum absolute atomic E-state index is 6.16. The molecule has 5 aromatic rings. The average molecular weight is 399 g/mol. The minimum Gasteiger partial charge on any atom is -0.497 e. The Labute approximate surface area is 171 Å². The second-order valence-corrected chi connectivity index (χ2v) is 7.46. The lowest BCUT2D eigenvalue weighted by Crippen LogP contribution is -1.90. The fourth-order valence-electron chi connectivity index (χ4n) is 3.13. The Morgan fingerprint density at radius 1 is 0.862 bits per heavy atom. The quantitative estimate of drug-likeness (QED) is 0.371. The zero-order chi connectivity index (χ0) is 19.6. The summed E-state index contributed by atoms with van der Waals surface area (Å²) in [6.45, 7) is 0. The van der Waals surface area contributed by atoms with Crippen LogP contribution in [0.1, 0.15) is 0 Å². The Morgan fingerprint density at radius 3 is 2.72 bits per heavy atom. The Bertz CT molecular complexity index is 1310. The van der Waals surface area contributed by atoms with Gasteiger partial charge in [0.1, 0.15) is 17.2 Å². The number of methoxy groups -OCH3 is 1. The van der Waals surface area contributed by atoms with E-state index in [2.05, 4.69) is 15.3 Å². The van der Waals surface area contributed by atoms with Crippen molar-refractivity contribution in [3.63, 3.8) is 0 Å². The van der Waals surface area contributed by atoms with Crippen molar-refractivity contribution in [1.82, 2.24) is 9.97 Å². The fraction of sp³-hybridized carbons (Fsp3) is 0.0435. The van der Waals surface area contributed by atoms with E-state index in [0.29, 0.717) is 0 Å². The molecule has 6 heteroatoms. The van der Waals surface area contributed by atoms with Crippen LogP contribution in [-0.4, -0.2) is 17.1 Å². The lowest BCUT2D eigenvalue weighted by atomic mass is 10.2. The largest absolute Gasteiger partial charge is 0.497 e. The number of hydrogen-bond acceptors (Lipinski definition) is 6. The van der Waals surface area contributed by atoms with Crippen molar-refractivity contribution in [1.29, 1.82) is 0 Å². The van der Waals surface area contributed by atoms with E-state index in [0.717, 1.165) is 49.2 Å². The fourth-order valence-corrected chi connectivity index (χ4v) is 4.05. The number of anilines is 2. The van der Waals surface area contributed by atoms with Crippen molar-refractivity contribution in [2.45, 2.75) is 0 Å². The van der Waals surface area contributed by atoms with Crippen LogP contribution in [0.3, 0.4) is 0 Å². The molecule has 3 aromatic carbocycles. The predicted octanol–water partition coefficient (Wildman–Crippen LogP) is 6.39. The number of para-hydroxylation sites is 1. The molecule has 0 amide bonds. The number of fused-ring (bicyclic) bond motifs is 2. The van der Waals surface area contributed by atoms with E-state index in [1.54, 1.807) is 24.6 Å². The van der Waals surface area contributed by atoms with Crippen molar-refractivity contribution in [2.24, 2.45) is 0 Å². The molecule has 29 heavy (non-hydrogen) atoms. The van der Waals surface area contributed by atoms with E-state index in [4.69, 9.17) is 9.47 Å². The highest BCUT2D eigenvalue weighted by Crippen LogP contribution is 2.34. The van der Waals surface area contributed by atoms with Crippen LogP contribution in [0.5, 0.6) is 17.2 Å². The van der Waals surface area contributed by atoms with E-state index in [1.165, 1.54) is 0 Å². The minimum atomic E-state index is 0.769. The van der Waals surface area contributed by atoms with Crippen molar-refractivity contribution < 1.29 is 9.47 Å². The average Bonchev–Trinajstić information content (AvgIpc) is 3.15. The van der Waals surface area contributed by atoms with Gasteiger partial charge >= 0.3 is 0 Å². The van der Waals surface area contributed by atoms with Crippen LogP contribution in [0, 0.1) is 0 Å². The molecule has 0 aliphatic carbocycles. The molecule has 0 fully saturated rings. The third-order valence-electron chi connectivity index (χ3n) is 4.52. The third-order valence-corrected chi connectivity index (χ3v) is 5.45. The summed E-state index contributed by atoms with van der Waals surface area (Å²) in [6, 6.07) is 23.5. The molecule has 0 unspecified atom stereocenters. The summed E-state index contributed by atoms with van der Waals surface area (Å²) in [7, 11) is 1.66. The van der Waals surface area contributed by atoms with Gasteiger partial charge in [0.15, 0.2) is 5.13 Å². The molecule has 0 aliphatic rings. The van der Waals surface area contributed by atoms with E-state index in [9.17, 15) is 0 Å². The molecule has 0 spiro atoms. The number of thiazole rings is 1. The third kappa shape index (κ3) is 3.58. The Morgan fingerprint density at radius 2 is 1.79 bits per heavy atom. The van der Waals surface area contributed by atoms with Crippen LogP contribution in [0.4, 0.5) is 10.8 Å². The smallest absolute Gasteiger partial charge is 0.188 e. The summed E-state index contributed by atoms with van der Waals surface area (Å²) in [6.07, 6.45) is 1.76. The molecule has 0 bridgehead atoms. The van der Waals surface area contributed by atoms with E-state index >= 15 is 0 Å². The molecule has 0 atom stereocenters. The van der Waals surface area contributed by atoms with Crippen molar-refractivity contribution in [2.75, 3.05) is 12.4 Å². The maximum Gasteiger partial charge on any atom is 0.188 e. The Hall–Kier alpha value is -3.64. The highest BCUT2D eigenvalue weighted by molar-refractivity contribution is 7.22. The topological polar surface area (TPSA) is 56.3 Å². The first kappa shape index (κ1) is 17.5. The number of benzene rings is 3.